The molecule has 0 amide bonds. The van der Waals surface area contributed by atoms with Gasteiger partial charge in [-0.05, 0) is 52.7 Å². The molecule has 112 valence electrons. The molecule has 0 aliphatic rings. The quantitative estimate of drug-likeness (QED) is 0.808. The monoisotopic (exact) mass is 390 g/mol. The second-order valence-electron chi connectivity index (χ2n) is 4.25. The van der Waals surface area contributed by atoms with Crippen molar-refractivity contribution in [2.24, 2.45) is 0 Å². The Labute approximate surface area is 136 Å². The number of aromatic nitrogens is 1. The van der Waals surface area contributed by atoms with Gasteiger partial charge in [0.2, 0.25) is 0 Å². The Morgan fingerprint density at radius 1 is 1.33 bits per heavy atom. The lowest BCUT2D eigenvalue weighted by Crippen LogP contribution is -2.13. The SMILES string of the molecule is COc1ccc(S(=O)(=O)Nc2cc(C)cnc2Cl)cc1Br. The van der Waals surface area contributed by atoms with Crippen LogP contribution >= 0.6 is 27.5 Å². The normalized spacial score (nSPS) is 11.2. The van der Waals surface area contributed by atoms with Gasteiger partial charge in [0.15, 0.2) is 5.15 Å². The minimum absolute atomic E-state index is 0.0905. The van der Waals surface area contributed by atoms with E-state index in [4.69, 9.17) is 16.3 Å². The first-order chi connectivity index (χ1) is 9.83. The van der Waals surface area contributed by atoms with Crippen LogP contribution in [-0.2, 0) is 10.0 Å². The van der Waals surface area contributed by atoms with E-state index in [1.165, 1.54) is 19.2 Å². The molecule has 1 aromatic heterocycles. The standard InChI is InChI=1S/C13H12BrClN2O3S/c1-8-5-11(13(15)16-7-8)17-21(18,19)9-3-4-12(20-2)10(14)6-9/h3-7,17H,1-2H3. The fraction of sp³-hybridized carbons (Fsp3) is 0.154. The number of sulfonamides is 1. The molecule has 5 nitrogen and oxygen atoms in total. The van der Waals surface area contributed by atoms with E-state index >= 15 is 0 Å². The summed E-state index contributed by atoms with van der Waals surface area (Å²) in [4.78, 5) is 4.00. The van der Waals surface area contributed by atoms with Gasteiger partial charge in [0, 0.05) is 6.20 Å². The molecule has 0 aliphatic heterocycles. The molecule has 0 atom stereocenters. The molecule has 1 N–H and O–H groups in total. The number of nitrogens with one attached hydrogen (secondary N) is 1. The summed E-state index contributed by atoms with van der Waals surface area (Å²) in [5.41, 5.74) is 1.04. The maximum Gasteiger partial charge on any atom is 0.262 e. The molecule has 0 aliphatic carbocycles. The van der Waals surface area contributed by atoms with Gasteiger partial charge >= 0.3 is 0 Å². The lowest BCUT2D eigenvalue weighted by Gasteiger charge is -2.11. The van der Waals surface area contributed by atoms with Crippen LogP contribution in [0.4, 0.5) is 5.69 Å². The summed E-state index contributed by atoms with van der Waals surface area (Å²) >= 11 is 9.16. The first-order valence-corrected chi connectivity index (χ1v) is 8.47. The van der Waals surface area contributed by atoms with Crippen LogP contribution in [0.2, 0.25) is 5.15 Å². The molecular weight excluding hydrogens is 380 g/mol. The van der Waals surface area contributed by atoms with Crippen molar-refractivity contribution in [3.05, 3.63) is 45.7 Å². The van der Waals surface area contributed by atoms with Crippen LogP contribution in [0.1, 0.15) is 5.56 Å². The van der Waals surface area contributed by atoms with Crippen LogP contribution < -0.4 is 9.46 Å². The molecule has 0 radical (unpaired) electrons. The summed E-state index contributed by atoms with van der Waals surface area (Å²) in [6, 6.07) is 6.08. The molecule has 2 aromatic rings. The predicted octanol–water partition coefficient (Wildman–Crippen LogP) is 3.62. The molecule has 1 heterocycles. The topological polar surface area (TPSA) is 68.3 Å². The zero-order chi connectivity index (χ0) is 15.6. The third-order valence-electron chi connectivity index (χ3n) is 2.65. The number of aryl methyl sites for hydroxylation is 1. The van der Waals surface area contributed by atoms with Crippen molar-refractivity contribution in [3.63, 3.8) is 0 Å². The number of methoxy groups -OCH3 is 1. The number of anilines is 1. The molecule has 21 heavy (non-hydrogen) atoms. The third kappa shape index (κ3) is 3.66. The van der Waals surface area contributed by atoms with E-state index in [2.05, 4.69) is 25.6 Å². The van der Waals surface area contributed by atoms with Crippen molar-refractivity contribution in [1.82, 2.24) is 4.98 Å². The summed E-state index contributed by atoms with van der Waals surface area (Å²) in [6.45, 7) is 1.80. The smallest absolute Gasteiger partial charge is 0.262 e. The van der Waals surface area contributed by atoms with Crippen LogP contribution in [0, 0.1) is 6.92 Å². The Balaban J connectivity index is 2.38. The van der Waals surface area contributed by atoms with Crippen molar-refractivity contribution in [3.8, 4) is 5.75 Å². The number of benzene rings is 1. The van der Waals surface area contributed by atoms with Crippen LogP contribution in [0.3, 0.4) is 0 Å². The highest BCUT2D eigenvalue weighted by Crippen LogP contribution is 2.29. The molecule has 0 saturated heterocycles. The number of hydrogen-bond acceptors (Lipinski definition) is 4. The summed E-state index contributed by atoms with van der Waals surface area (Å²) in [5.74, 6) is 0.546. The van der Waals surface area contributed by atoms with Crippen LogP contribution in [0.15, 0.2) is 39.8 Å². The molecule has 0 unspecified atom stereocenters. The predicted molar refractivity (Wildman–Crippen MR) is 85.5 cm³/mol. The van der Waals surface area contributed by atoms with E-state index in [1.54, 1.807) is 25.3 Å². The maximum atomic E-state index is 12.4. The zero-order valence-corrected chi connectivity index (χ0v) is 14.4. The highest BCUT2D eigenvalue weighted by Gasteiger charge is 2.18. The van der Waals surface area contributed by atoms with Crippen molar-refractivity contribution >= 4 is 43.2 Å². The van der Waals surface area contributed by atoms with Crippen molar-refractivity contribution in [1.29, 1.82) is 0 Å². The average molecular weight is 392 g/mol. The van der Waals surface area contributed by atoms with Crippen molar-refractivity contribution in [2.45, 2.75) is 11.8 Å². The van der Waals surface area contributed by atoms with E-state index in [0.29, 0.717) is 10.2 Å². The average Bonchev–Trinajstić information content (AvgIpc) is 2.42. The molecule has 1 aromatic carbocycles. The van der Waals surface area contributed by atoms with E-state index in [1.807, 2.05) is 0 Å². The molecule has 0 saturated carbocycles. The Morgan fingerprint density at radius 2 is 2.05 bits per heavy atom. The minimum atomic E-state index is -3.76. The maximum absolute atomic E-state index is 12.4. The first kappa shape index (κ1) is 16.1. The molecule has 2 rings (SSSR count). The van der Waals surface area contributed by atoms with E-state index in [0.717, 1.165) is 5.56 Å². The van der Waals surface area contributed by atoms with Gasteiger partial charge in [0.05, 0.1) is 22.2 Å². The highest BCUT2D eigenvalue weighted by atomic mass is 79.9. The number of pyridine rings is 1. The molecule has 0 fully saturated rings. The molecular formula is C13H12BrClN2O3S. The summed E-state index contributed by atoms with van der Waals surface area (Å²) in [6.07, 6.45) is 1.56. The number of rotatable bonds is 4. The minimum Gasteiger partial charge on any atom is -0.496 e. The van der Waals surface area contributed by atoms with Gasteiger partial charge < -0.3 is 4.74 Å². The van der Waals surface area contributed by atoms with Crippen molar-refractivity contribution < 1.29 is 13.2 Å². The molecule has 8 heteroatoms. The zero-order valence-electron chi connectivity index (χ0n) is 11.2. The Hall–Kier alpha value is -1.31. The summed E-state index contributed by atoms with van der Waals surface area (Å²) < 4.78 is 32.8. The lowest BCUT2D eigenvalue weighted by molar-refractivity contribution is 0.411. The second-order valence-corrected chi connectivity index (χ2v) is 7.15. The van der Waals surface area contributed by atoms with Gasteiger partial charge in [-0.1, -0.05) is 11.6 Å². The number of hydrogen-bond donors (Lipinski definition) is 1. The second kappa shape index (κ2) is 6.21. The van der Waals surface area contributed by atoms with Crippen molar-refractivity contribution in [2.75, 3.05) is 11.8 Å². The number of ether oxygens (including phenoxy) is 1. The fourth-order valence-corrected chi connectivity index (χ4v) is 3.62. The summed E-state index contributed by atoms with van der Waals surface area (Å²) in [5, 5.41) is 0.0942. The lowest BCUT2D eigenvalue weighted by atomic mass is 10.3. The highest BCUT2D eigenvalue weighted by molar-refractivity contribution is 9.10. The van der Waals surface area contributed by atoms with Crippen LogP contribution in [0.5, 0.6) is 5.75 Å². The van der Waals surface area contributed by atoms with Gasteiger partial charge in [-0.3, -0.25) is 4.72 Å². The molecule has 0 bridgehead atoms. The van der Waals surface area contributed by atoms with Gasteiger partial charge in [-0.2, -0.15) is 0 Å². The number of halogens is 2. The third-order valence-corrected chi connectivity index (χ3v) is 4.94. The van der Waals surface area contributed by atoms with Gasteiger partial charge in [-0.25, -0.2) is 13.4 Å². The van der Waals surface area contributed by atoms with E-state index in [-0.39, 0.29) is 15.7 Å². The van der Waals surface area contributed by atoms with Crippen LogP contribution in [0.25, 0.3) is 0 Å². The fourth-order valence-electron chi connectivity index (χ4n) is 1.64. The Kier molecular flexibility index (Phi) is 4.75. The van der Waals surface area contributed by atoms with Gasteiger partial charge in [0.1, 0.15) is 5.75 Å². The van der Waals surface area contributed by atoms with Gasteiger partial charge in [0.25, 0.3) is 10.0 Å². The Morgan fingerprint density at radius 3 is 2.67 bits per heavy atom. The van der Waals surface area contributed by atoms with E-state index < -0.39 is 10.0 Å². The van der Waals surface area contributed by atoms with Crippen LogP contribution in [-0.4, -0.2) is 20.5 Å². The number of nitrogens with zero attached hydrogens (tertiary/aromatic N) is 1. The van der Waals surface area contributed by atoms with Gasteiger partial charge in [-0.15, -0.1) is 0 Å². The van der Waals surface area contributed by atoms with E-state index in [9.17, 15) is 8.42 Å². The Bertz CT molecular complexity index is 781. The largest absolute Gasteiger partial charge is 0.496 e. The first-order valence-electron chi connectivity index (χ1n) is 5.82. The summed E-state index contributed by atoms with van der Waals surface area (Å²) in [7, 11) is -2.26. The molecule has 0 spiro atoms.